The van der Waals surface area contributed by atoms with Crippen molar-refractivity contribution in [2.75, 3.05) is 18.5 Å². The van der Waals surface area contributed by atoms with Crippen LogP contribution in [0.3, 0.4) is 0 Å². The van der Waals surface area contributed by atoms with Gasteiger partial charge in [0.05, 0.1) is 24.6 Å². The molecule has 174 valence electrons. The van der Waals surface area contributed by atoms with E-state index in [2.05, 4.69) is 29.4 Å². The van der Waals surface area contributed by atoms with Crippen molar-refractivity contribution in [3.05, 3.63) is 70.4 Å². The summed E-state index contributed by atoms with van der Waals surface area (Å²) < 4.78 is 14.5. The Morgan fingerprint density at radius 3 is 2.94 bits per heavy atom. The number of rotatable bonds is 6. The summed E-state index contributed by atoms with van der Waals surface area (Å²) in [6.45, 7) is 5.15. The third-order valence-electron chi connectivity index (χ3n) is 5.63. The van der Waals surface area contributed by atoms with E-state index < -0.39 is 6.09 Å². The lowest BCUT2D eigenvalue weighted by molar-refractivity contribution is -0.0805. The van der Waals surface area contributed by atoms with Gasteiger partial charge in [-0.3, -0.25) is 14.8 Å². The van der Waals surface area contributed by atoms with Crippen molar-refractivity contribution < 1.29 is 14.3 Å². The fourth-order valence-electron chi connectivity index (χ4n) is 4.04. The first kappa shape index (κ1) is 22.7. The number of amides is 1. The van der Waals surface area contributed by atoms with Gasteiger partial charge in [0.1, 0.15) is 11.4 Å². The van der Waals surface area contributed by atoms with Crippen LogP contribution in [-0.2, 0) is 22.9 Å². The second kappa shape index (κ2) is 9.58. The third-order valence-corrected chi connectivity index (χ3v) is 5.63. The van der Waals surface area contributed by atoms with Crippen LogP contribution in [-0.4, -0.2) is 44.5 Å². The molecule has 2 aromatic heterocycles. The van der Waals surface area contributed by atoms with Gasteiger partial charge < -0.3 is 9.47 Å². The zero-order valence-electron chi connectivity index (χ0n) is 19.2. The average molecular weight is 452 g/mol. The topological polar surface area (TPSA) is 100 Å². The predicted molar refractivity (Wildman–Crippen MR) is 124 cm³/mol. The molecule has 1 fully saturated rings. The Balaban J connectivity index is 1.38. The molecule has 0 bridgehead atoms. The standard InChI is InChI=1S/C24H29N5O4/c1-24(2)13-18(8-10-33-24)16-32-23(31)26-19-6-4-5-17(11-19)12-21-22(30)7-9-29(27-21)20-14-25-28(3)15-20/h4-7,9,11,14-15,18H,8,10,12-13,16H2,1-3H3,(H,26,31). The lowest BCUT2D eigenvalue weighted by Gasteiger charge is -2.35. The minimum Gasteiger partial charge on any atom is -0.449 e. The van der Waals surface area contributed by atoms with Gasteiger partial charge >= 0.3 is 6.09 Å². The van der Waals surface area contributed by atoms with Gasteiger partial charge in [0.15, 0.2) is 0 Å². The van der Waals surface area contributed by atoms with Crippen molar-refractivity contribution in [1.82, 2.24) is 19.6 Å². The first-order chi connectivity index (χ1) is 15.8. The summed E-state index contributed by atoms with van der Waals surface area (Å²) >= 11 is 0. The molecule has 33 heavy (non-hydrogen) atoms. The summed E-state index contributed by atoms with van der Waals surface area (Å²) in [4.78, 5) is 24.7. The quantitative estimate of drug-likeness (QED) is 0.617. The number of nitrogens with one attached hydrogen (secondary N) is 1. The van der Waals surface area contributed by atoms with Gasteiger partial charge in [0.25, 0.3) is 0 Å². The van der Waals surface area contributed by atoms with E-state index in [9.17, 15) is 9.59 Å². The zero-order valence-corrected chi connectivity index (χ0v) is 19.2. The highest BCUT2D eigenvalue weighted by Crippen LogP contribution is 2.28. The van der Waals surface area contributed by atoms with E-state index in [4.69, 9.17) is 9.47 Å². The van der Waals surface area contributed by atoms with Gasteiger partial charge in [-0.2, -0.15) is 10.2 Å². The minimum absolute atomic E-state index is 0.146. The van der Waals surface area contributed by atoms with E-state index in [1.807, 2.05) is 31.4 Å². The first-order valence-corrected chi connectivity index (χ1v) is 11.0. The van der Waals surface area contributed by atoms with E-state index in [0.29, 0.717) is 31.0 Å². The number of aryl methyl sites for hydroxylation is 1. The number of ether oxygens (including phenoxy) is 2. The molecule has 0 radical (unpaired) electrons. The Kier molecular flexibility index (Phi) is 6.60. The molecule has 1 saturated heterocycles. The van der Waals surface area contributed by atoms with E-state index >= 15 is 0 Å². The number of aromatic nitrogens is 4. The van der Waals surface area contributed by atoms with Crippen molar-refractivity contribution in [2.24, 2.45) is 13.0 Å². The van der Waals surface area contributed by atoms with Gasteiger partial charge in [-0.25, -0.2) is 9.48 Å². The second-order valence-corrected chi connectivity index (χ2v) is 9.01. The molecule has 3 aromatic rings. The summed E-state index contributed by atoms with van der Waals surface area (Å²) in [5.74, 6) is 0.289. The average Bonchev–Trinajstić information content (AvgIpc) is 3.20. The van der Waals surface area contributed by atoms with Crippen molar-refractivity contribution in [3.8, 4) is 5.69 Å². The molecule has 0 spiro atoms. The molecule has 1 amide bonds. The van der Waals surface area contributed by atoms with Gasteiger partial charge in [0, 0.05) is 38.0 Å². The molecule has 1 unspecified atom stereocenters. The summed E-state index contributed by atoms with van der Waals surface area (Å²) in [6.07, 6.45) is 6.70. The molecule has 1 aliphatic heterocycles. The lowest BCUT2D eigenvalue weighted by atomic mass is 9.89. The smallest absolute Gasteiger partial charge is 0.411 e. The normalized spacial score (nSPS) is 17.5. The van der Waals surface area contributed by atoms with Crippen LogP contribution in [0.15, 0.2) is 53.7 Å². The Morgan fingerprint density at radius 2 is 2.18 bits per heavy atom. The van der Waals surface area contributed by atoms with Crippen LogP contribution >= 0.6 is 0 Å². The predicted octanol–water partition coefficient (Wildman–Crippen LogP) is 3.31. The monoisotopic (exact) mass is 451 g/mol. The molecule has 1 atom stereocenters. The molecule has 3 heterocycles. The van der Waals surface area contributed by atoms with Crippen molar-refractivity contribution in [3.63, 3.8) is 0 Å². The maximum atomic E-state index is 12.4. The SMILES string of the molecule is Cn1cc(-n2ccc(=O)c(Cc3cccc(NC(=O)OCC4CCOC(C)(C)C4)c3)n2)cn1. The molecule has 9 nitrogen and oxygen atoms in total. The highest BCUT2D eigenvalue weighted by atomic mass is 16.5. The summed E-state index contributed by atoms with van der Waals surface area (Å²) in [6, 6.07) is 8.82. The molecule has 1 aromatic carbocycles. The van der Waals surface area contributed by atoms with E-state index in [0.717, 1.165) is 24.1 Å². The number of carbonyl (C=O) groups excluding carboxylic acids is 1. The molecule has 0 aliphatic carbocycles. The van der Waals surface area contributed by atoms with Crippen LogP contribution in [0.25, 0.3) is 5.69 Å². The van der Waals surface area contributed by atoms with Crippen LogP contribution in [0, 0.1) is 5.92 Å². The van der Waals surface area contributed by atoms with Gasteiger partial charge in [-0.1, -0.05) is 12.1 Å². The Morgan fingerprint density at radius 1 is 1.33 bits per heavy atom. The van der Waals surface area contributed by atoms with Gasteiger partial charge in [-0.05, 0) is 50.3 Å². The largest absolute Gasteiger partial charge is 0.449 e. The summed E-state index contributed by atoms with van der Waals surface area (Å²) in [7, 11) is 1.82. The van der Waals surface area contributed by atoms with Gasteiger partial charge in [-0.15, -0.1) is 0 Å². The molecule has 1 N–H and O–H groups in total. The Labute approximate surface area is 192 Å². The number of benzene rings is 1. The minimum atomic E-state index is -0.492. The molecule has 4 rings (SSSR count). The van der Waals surface area contributed by atoms with Crippen molar-refractivity contribution >= 4 is 11.8 Å². The van der Waals surface area contributed by atoms with E-state index in [1.165, 1.54) is 6.07 Å². The van der Waals surface area contributed by atoms with Crippen LogP contribution in [0.5, 0.6) is 0 Å². The zero-order chi connectivity index (χ0) is 23.4. The van der Waals surface area contributed by atoms with Crippen LogP contribution in [0.2, 0.25) is 0 Å². The Hall–Kier alpha value is -3.46. The highest BCUT2D eigenvalue weighted by Gasteiger charge is 2.29. The highest BCUT2D eigenvalue weighted by molar-refractivity contribution is 5.84. The van der Waals surface area contributed by atoms with Crippen molar-refractivity contribution in [1.29, 1.82) is 0 Å². The third kappa shape index (κ3) is 6.07. The fraction of sp³-hybridized carbons (Fsp3) is 0.417. The van der Waals surface area contributed by atoms with Gasteiger partial charge in [0.2, 0.25) is 5.43 Å². The molecular formula is C24H29N5O4. The molecule has 0 saturated carbocycles. The van der Waals surface area contributed by atoms with Crippen LogP contribution < -0.4 is 10.7 Å². The number of hydrogen-bond donors (Lipinski definition) is 1. The van der Waals surface area contributed by atoms with Crippen LogP contribution in [0.1, 0.15) is 37.9 Å². The fourth-order valence-corrected chi connectivity index (χ4v) is 4.04. The second-order valence-electron chi connectivity index (χ2n) is 9.01. The van der Waals surface area contributed by atoms with E-state index in [-0.39, 0.29) is 16.9 Å². The number of carbonyl (C=O) groups is 1. The summed E-state index contributed by atoms with van der Waals surface area (Å²) in [5.41, 5.74) is 2.30. The Bertz CT molecular complexity index is 1180. The van der Waals surface area contributed by atoms with Crippen molar-refractivity contribution in [2.45, 2.75) is 38.7 Å². The molecule has 1 aliphatic rings. The number of nitrogens with zero attached hydrogens (tertiary/aromatic N) is 4. The van der Waals surface area contributed by atoms with E-state index in [1.54, 1.807) is 27.8 Å². The maximum Gasteiger partial charge on any atom is 0.411 e. The first-order valence-electron chi connectivity index (χ1n) is 11.0. The number of hydrogen-bond acceptors (Lipinski definition) is 6. The molecule has 9 heteroatoms. The van der Waals surface area contributed by atoms with Crippen LogP contribution in [0.4, 0.5) is 10.5 Å². The summed E-state index contributed by atoms with van der Waals surface area (Å²) in [5, 5.41) is 11.4. The maximum absolute atomic E-state index is 12.4. The molecular weight excluding hydrogens is 422 g/mol. The number of anilines is 1. The lowest BCUT2D eigenvalue weighted by Crippen LogP contribution is -2.36.